The van der Waals surface area contributed by atoms with Crippen molar-refractivity contribution in [2.24, 2.45) is 11.8 Å². The van der Waals surface area contributed by atoms with E-state index in [4.69, 9.17) is 10.6 Å². The third-order valence-electron chi connectivity index (χ3n) is 3.83. The molecule has 0 radical (unpaired) electrons. The van der Waals surface area contributed by atoms with Crippen LogP contribution < -0.4 is 11.3 Å². The summed E-state index contributed by atoms with van der Waals surface area (Å²) in [6.45, 7) is 5.80. The molecule has 1 aromatic rings. The molecular weight excluding hydrogens is 308 g/mol. The second-order valence-corrected chi connectivity index (χ2v) is 5.92. The summed E-state index contributed by atoms with van der Waals surface area (Å²) in [4.78, 5) is 0. The molecule has 1 saturated carbocycles. The fourth-order valence-corrected chi connectivity index (χ4v) is 3.37. The summed E-state index contributed by atoms with van der Waals surface area (Å²) in [5.74, 6) is 6.42. The number of halogens is 1. The lowest BCUT2D eigenvalue weighted by molar-refractivity contribution is -0.0293. The Morgan fingerprint density at radius 3 is 2.89 bits per heavy atom. The fraction of sp³-hybridized carbons (Fsp3) is 0.769. The summed E-state index contributed by atoms with van der Waals surface area (Å²) in [6.07, 6.45) is 5.61. The maximum Gasteiger partial charge on any atom is 0.0709 e. The monoisotopic (exact) mass is 330 g/mol. The van der Waals surface area contributed by atoms with E-state index >= 15 is 0 Å². The molecule has 1 heterocycles. The van der Waals surface area contributed by atoms with Gasteiger partial charge in [-0.25, -0.2) is 0 Å². The van der Waals surface area contributed by atoms with Crippen LogP contribution in [0.25, 0.3) is 0 Å². The van der Waals surface area contributed by atoms with Gasteiger partial charge in [0.05, 0.1) is 28.5 Å². The average Bonchev–Trinajstić information content (AvgIpc) is 2.73. The van der Waals surface area contributed by atoms with Gasteiger partial charge in [-0.05, 0) is 55.0 Å². The molecule has 1 unspecified atom stereocenters. The van der Waals surface area contributed by atoms with Crippen molar-refractivity contribution in [2.45, 2.75) is 51.8 Å². The zero-order valence-electron chi connectivity index (χ0n) is 11.6. The predicted octanol–water partition coefficient (Wildman–Crippen LogP) is 2.38. The summed E-state index contributed by atoms with van der Waals surface area (Å²) >= 11 is 3.56. The lowest BCUT2D eigenvalue weighted by Gasteiger charge is -2.37. The van der Waals surface area contributed by atoms with E-state index in [0.29, 0.717) is 12.0 Å². The van der Waals surface area contributed by atoms with Gasteiger partial charge in [0.25, 0.3) is 0 Å². The molecule has 0 amide bonds. The number of nitrogens with one attached hydrogen (secondary N) is 1. The molecular formula is C13H23BrN4O. The Balaban J connectivity index is 1.95. The van der Waals surface area contributed by atoms with Gasteiger partial charge in [-0.15, -0.1) is 0 Å². The van der Waals surface area contributed by atoms with Gasteiger partial charge >= 0.3 is 0 Å². The summed E-state index contributed by atoms with van der Waals surface area (Å²) in [5, 5.41) is 4.35. The Morgan fingerprint density at radius 1 is 1.58 bits per heavy atom. The maximum atomic E-state index is 5.73. The first-order valence-electron chi connectivity index (χ1n) is 6.98. The van der Waals surface area contributed by atoms with Gasteiger partial charge in [0.15, 0.2) is 0 Å². The molecule has 1 aliphatic carbocycles. The first-order chi connectivity index (χ1) is 9.19. The van der Waals surface area contributed by atoms with E-state index < -0.39 is 0 Å². The molecule has 1 fully saturated rings. The fourth-order valence-electron chi connectivity index (χ4n) is 2.80. The largest absolute Gasteiger partial charge is 0.378 e. The summed E-state index contributed by atoms with van der Waals surface area (Å²) in [6, 6.07) is 0.143. The van der Waals surface area contributed by atoms with Gasteiger partial charge in [-0.2, -0.15) is 5.10 Å². The van der Waals surface area contributed by atoms with Gasteiger partial charge in [0.1, 0.15) is 0 Å². The molecule has 1 aliphatic rings. The summed E-state index contributed by atoms with van der Waals surface area (Å²) in [7, 11) is 0. The number of ether oxygens (including phenoxy) is 1. The minimum atomic E-state index is 0.143. The minimum absolute atomic E-state index is 0.143. The van der Waals surface area contributed by atoms with Crippen LogP contribution in [-0.4, -0.2) is 22.5 Å². The van der Waals surface area contributed by atoms with E-state index in [1.807, 2.05) is 10.9 Å². The normalized spacial score (nSPS) is 24.2. The van der Waals surface area contributed by atoms with E-state index in [0.717, 1.165) is 42.6 Å². The van der Waals surface area contributed by atoms with Gasteiger partial charge in [-0.3, -0.25) is 16.0 Å². The predicted molar refractivity (Wildman–Crippen MR) is 78.4 cm³/mol. The third kappa shape index (κ3) is 3.37. The number of nitrogens with zero attached hydrogens (tertiary/aromatic N) is 2. The molecule has 0 saturated heterocycles. The molecule has 108 valence electrons. The highest BCUT2D eigenvalue weighted by molar-refractivity contribution is 9.10. The SMILES string of the molecule is CCOC1CC(CC(NN)c2c(Br)cnn2CC)C1. The van der Waals surface area contributed by atoms with Crippen molar-refractivity contribution in [3.63, 3.8) is 0 Å². The molecule has 1 aromatic heterocycles. The van der Waals surface area contributed by atoms with Crippen molar-refractivity contribution < 1.29 is 4.74 Å². The van der Waals surface area contributed by atoms with Gasteiger partial charge in [0, 0.05) is 13.2 Å². The van der Waals surface area contributed by atoms with Gasteiger partial charge in [0.2, 0.25) is 0 Å². The molecule has 0 aromatic carbocycles. The average molecular weight is 331 g/mol. The van der Waals surface area contributed by atoms with Crippen LogP contribution in [-0.2, 0) is 11.3 Å². The number of hydrogen-bond donors (Lipinski definition) is 2. The molecule has 5 nitrogen and oxygen atoms in total. The van der Waals surface area contributed by atoms with Gasteiger partial charge in [-0.1, -0.05) is 0 Å². The van der Waals surface area contributed by atoms with Crippen LogP contribution in [0.3, 0.4) is 0 Å². The minimum Gasteiger partial charge on any atom is -0.378 e. The highest BCUT2D eigenvalue weighted by Gasteiger charge is 2.32. The van der Waals surface area contributed by atoms with Crippen LogP contribution in [0, 0.1) is 5.92 Å². The van der Waals surface area contributed by atoms with Crippen molar-refractivity contribution in [3.8, 4) is 0 Å². The molecule has 19 heavy (non-hydrogen) atoms. The van der Waals surface area contributed by atoms with Crippen LogP contribution in [0.1, 0.15) is 44.8 Å². The lowest BCUT2D eigenvalue weighted by Crippen LogP contribution is -2.37. The van der Waals surface area contributed by atoms with Crippen molar-refractivity contribution >= 4 is 15.9 Å². The summed E-state index contributed by atoms with van der Waals surface area (Å²) in [5.41, 5.74) is 4.08. The highest BCUT2D eigenvalue weighted by atomic mass is 79.9. The zero-order valence-corrected chi connectivity index (χ0v) is 13.2. The number of aryl methyl sites for hydroxylation is 1. The standard InChI is InChI=1S/C13H23BrN4O/c1-3-18-13(11(14)8-16-18)12(17-15)7-9-5-10(6-9)19-4-2/h8-10,12,17H,3-7,15H2,1-2H3. The van der Waals surface area contributed by atoms with E-state index in [-0.39, 0.29) is 6.04 Å². The quantitative estimate of drug-likeness (QED) is 0.595. The second-order valence-electron chi connectivity index (χ2n) is 5.06. The van der Waals surface area contributed by atoms with E-state index in [9.17, 15) is 0 Å². The highest BCUT2D eigenvalue weighted by Crippen LogP contribution is 2.38. The third-order valence-corrected chi connectivity index (χ3v) is 4.44. The molecule has 2 rings (SSSR count). The Morgan fingerprint density at radius 2 is 2.32 bits per heavy atom. The zero-order chi connectivity index (χ0) is 13.8. The number of hydrazine groups is 1. The van der Waals surface area contributed by atoms with Gasteiger partial charge < -0.3 is 4.74 Å². The molecule has 0 bridgehead atoms. The number of hydrogen-bond acceptors (Lipinski definition) is 4. The van der Waals surface area contributed by atoms with Crippen molar-refractivity contribution in [2.75, 3.05) is 6.61 Å². The Kier molecular flexibility index (Phi) is 5.38. The molecule has 3 N–H and O–H groups in total. The Hall–Kier alpha value is -0.430. The maximum absolute atomic E-state index is 5.73. The Bertz CT molecular complexity index is 403. The van der Waals surface area contributed by atoms with Crippen LogP contribution in [0.5, 0.6) is 0 Å². The molecule has 1 atom stereocenters. The topological polar surface area (TPSA) is 65.1 Å². The van der Waals surface area contributed by atoms with Crippen LogP contribution in [0.2, 0.25) is 0 Å². The Labute approximate surface area is 123 Å². The van der Waals surface area contributed by atoms with Crippen molar-refractivity contribution in [1.82, 2.24) is 15.2 Å². The number of aromatic nitrogens is 2. The smallest absolute Gasteiger partial charge is 0.0709 e. The first-order valence-corrected chi connectivity index (χ1v) is 7.77. The van der Waals surface area contributed by atoms with Crippen molar-refractivity contribution in [3.05, 3.63) is 16.4 Å². The second kappa shape index (κ2) is 6.83. The van der Waals surface area contributed by atoms with Crippen molar-refractivity contribution in [1.29, 1.82) is 0 Å². The number of nitrogens with two attached hydrogens (primary N) is 1. The molecule has 0 aliphatic heterocycles. The van der Waals surface area contributed by atoms with Crippen LogP contribution >= 0.6 is 15.9 Å². The lowest BCUT2D eigenvalue weighted by atomic mass is 9.78. The molecule has 6 heteroatoms. The summed E-state index contributed by atoms with van der Waals surface area (Å²) < 4.78 is 8.62. The number of rotatable bonds is 7. The first kappa shape index (κ1) is 15.0. The van der Waals surface area contributed by atoms with E-state index in [2.05, 4.69) is 40.3 Å². The molecule has 0 spiro atoms. The van der Waals surface area contributed by atoms with Crippen LogP contribution in [0.15, 0.2) is 10.7 Å². The van der Waals surface area contributed by atoms with E-state index in [1.165, 1.54) is 0 Å². The van der Waals surface area contributed by atoms with Crippen LogP contribution in [0.4, 0.5) is 0 Å². The van der Waals surface area contributed by atoms with E-state index in [1.54, 1.807) is 0 Å².